The van der Waals surface area contributed by atoms with Gasteiger partial charge in [-0.15, -0.1) is 0 Å². The van der Waals surface area contributed by atoms with Crippen molar-refractivity contribution in [3.8, 4) is 0 Å². The van der Waals surface area contributed by atoms with Crippen LogP contribution in [0.4, 0.5) is 4.79 Å². The molecule has 0 radical (unpaired) electrons. The second-order valence-electron chi connectivity index (χ2n) is 4.41. The van der Waals surface area contributed by atoms with E-state index in [1.165, 1.54) is 4.90 Å². The molecule has 0 aromatic rings. The van der Waals surface area contributed by atoms with Crippen molar-refractivity contribution in [3.05, 3.63) is 12.2 Å². The van der Waals surface area contributed by atoms with Gasteiger partial charge in [0.05, 0.1) is 0 Å². The quantitative estimate of drug-likeness (QED) is 0.648. The van der Waals surface area contributed by atoms with Crippen molar-refractivity contribution >= 4 is 12.0 Å². The minimum atomic E-state index is -0.681. The molecule has 0 saturated carbocycles. The van der Waals surface area contributed by atoms with Gasteiger partial charge in [0.15, 0.2) is 0 Å². The zero-order chi connectivity index (χ0) is 11.6. The summed E-state index contributed by atoms with van der Waals surface area (Å²) < 4.78 is 5.14. The van der Waals surface area contributed by atoms with Crippen LogP contribution in [0.25, 0.3) is 0 Å². The third-order valence-corrected chi connectivity index (χ3v) is 1.88. The van der Waals surface area contributed by atoms with Crippen LogP contribution in [0.1, 0.15) is 20.8 Å². The monoisotopic (exact) mass is 212 g/mol. The first-order valence-electron chi connectivity index (χ1n) is 4.77. The van der Waals surface area contributed by atoms with Crippen LogP contribution in [0.15, 0.2) is 12.2 Å². The normalized spacial score (nSPS) is 20.5. The summed E-state index contributed by atoms with van der Waals surface area (Å²) in [4.78, 5) is 23.9. The second-order valence-corrected chi connectivity index (χ2v) is 4.41. The molecule has 0 aliphatic carbocycles. The van der Waals surface area contributed by atoms with E-state index in [1.807, 2.05) is 0 Å². The lowest BCUT2D eigenvalue weighted by Gasteiger charge is -2.27. The second kappa shape index (κ2) is 3.92. The zero-order valence-electron chi connectivity index (χ0n) is 9.19. The van der Waals surface area contributed by atoms with Crippen LogP contribution in [-0.2, 0) is 9.53 Å². The molecule has 5 heteroatoms. The van der Waals surface area contributed by atoms with E-state index in [-0.39, 0.29) is 0 Å². The standard InChI is InChI=1S/C10H16N2O3/c1-10(2,3)15-9(14)12-6-4-5-7(12)8(11)13/h4-5,7H,6H2,1-3H3,(H2,11,13)/t7-/m0/s1. The lowest BCUT2D eigenvalue weighted by molar-refractivity contribution is -0.121. The first-order valence-corrected chi connectivity index (χ1v) is 4.77. The minimum Gasteiger partial charge on any atom is -0.444 e. The molecule has 5 nitrogen and oxygen atoms in total. The van der Waals surface area contributed by atoms with Crippen LogP contribution in [0.5, 0.6) is 0 Å². The molecule has 1 aliphatic rings. The van der Waals surface area contributed by atoms with Crippen molar-refractivity contribution < 1.29 is 14.3 Å². The maximum Gasteiger partial charge on any atom is 0.411 e. The van der Waals surface area contributed by atoms with E-state index < -0.39 is 23.6 Å². The Morgan fingerprint density at radius 3 is 2.53 bits per heavy atom. The highest BCUT2D eigenvalue weighted by molar-refractivity contribution is 5.87. The fraction of sp³-hybridized carbons (Fsp3) is 0.600. The molecule has 0 saturated heterocycles. The van der Waals surface area contributed by atoms with E-state index in [9.17, 15) is 9.59 Å². The minimum absolute atomic E-state index is 0.364. The number of carbonyl (C=O) groups is 2. The number of rotatable bonds is 1. The maximum absolute atomic E-state index is 11.6. The van der Waals surface area contributed by atoms with Crippen molar-refractivity contribution in [1.82, 2.24) is 4.90 Å². The van der Waals surface area contributed by atoms with E-state index in [4.69, 9.17) is 10.5 Å². The Morgan fingerprint density at radius 2 is 2.07 bits per heavy atom. The molecule has 0 aromatic heterocycles. The highest BCUT2D eigenvalue weighted by atomic mass is 16.6. The molecule has 1 heterocycles. The predicted molar refractivity (Wildman–Crippen MR) is 55.1 cm³/mol. The molecule has 15 heavy (non-hydrogen) atoms. The van der Waals surface area contributed by atoms with E-state index in [0.717, 1.165) is 0 Å². The number of hydrogen-bond acceptors (Lipinski definition) is 3. The summed E-state index contributed by atoms with van der Waals surface area (Å²) in [6, 6.07) is -0.681. The molecule has 0 spiro atoms. The van der Waals surface area contributed by atoms with Gasteiger partial charge in [-0.2, -0.15) is 0 Å². The van der Waals surface area contributed by atoms with Gasteiger partial charge in [-0.05, 0) is 20.8 Å². The summed E-state index contributed by atoms with van der Waals surface area (Å²) in [5, 5.41) is 0. The van der Waals surface area contributed by atoms with Crippen molar-refractivity contribution in [1.29, 1.82) is 0 Å². The van der Waals surface area contributed by atoms with Gasteiger partial charge in [0, 0.05) is 6.54 Å². The van der Waals surface area contributed by atoms with Crippen molar-refractivity contribution in [2.45, 2.75) is 32.4 Å². The van der Waals surface area contributed by atoms with Gasteiger partial charge in [-0.1, -0.05) is 12.2 Å². The highest BCUT2D eigenvalue weighted by Crippen LogP contribution is 2.15. The maximum atomic E-state index is 11.6. The number of hydrogen-bond donors (Lipinski definition) is 1. The molecule has 2 N–H and O–H groups in total. The van der Waals surface area contributed by atoms with Gasteiger partial charge in [-0.25, -0.2) is 4.79 Å². The molecule has 0 fully saturated rings. The largest absolute Gasteiger partial charge is 0.444 e. The van der Waals surface area contributed by atoms with Crippen molar-refractivity contribution in [3.63, 3.8) is 0 Å². The van der Waals surface area contributed by atoms with Gasteiger partial charge < -0.3 is 10.5 Å². The third kappa shape index (κ3) is 2.97. The molecule has 0 bridgehead atoms. The smallest absolute Gasteiger partial charge is 0.411 e. The molecule has 1 rings (SSSR count). The summed E-state index contributed by atoms with van der Waals surface area (Å²) in [5.74, 6) is -0.547. The Bertz CT molecular complexity index is 304. The number of carbonyl (C=O) groups excluding carboxylic acids is 2. The lowest BCUT2D eigenvalue weighted by Crippen LogP contribution is -2.46. The summed E-state index contributed by atoms with van der Waals surface area (Å²) >= 11 is 0. The molecule has 0 unspecified atom stereocenters. The van der Waals surface area contributed by atoms with Crippen LogP contribution in [0.3, 0.4) is 0 Å². The Morgan fingerprint density at radius 1 is 1.47 bits per heavy atom. The Kier molecular flexibility index (Phi) is 3.02. The molecule has 1 aliphatic heterocycles. The van der Waals surface area contributed by atoms with Crippen LogP contribution < -0.4 is 5.73 Å². The van der Waals surface area contributed by atoms with Gasteiger partial charge in [0.1, 0.15) is 11.6 Å². The van der Waals surface area contributed by atoms with Gasteiger partial charge in [-0.3, -0.25) is 9.69 Å². The van der Waals surface area contributed by atoms with E-state index >= 15 is 0 Å². The van der Waals surface area contributed by atoms with Crippen LogP contribution in [0, 0.1) is 0 Å². The van der Waals surface area contributed by atoms with E-state index in [2.05, 4.69) is 0 Å². The van der Waals surface area contributed by atoms with Gasteiger partial charge >= 0.3 is 6.09 Å². The summed E-state index contributed by atoms with van der Waals surface area (Å²) in [5.41, 5.74) is 4.58. The predicted octanol–water partition coefficient (Wildman–Crippen LogP) is 0.647. The van der Waals surface area contributed by atoms with Crippen LogP contribution in [0.2, 0.25) is 0 Å². The molecule has 0 aromatic carbocycles. The van der Waals surface area contributed by atoms with Crippen molar-refractivity contribution in [2.75, 3.05) is 6.54 Å². The fourth-order valence-corrected chi connectivity index (χ4v) is 1.28. The topological polar surface area (TPSA) is 72.6 Å². The molecule has 84 valence electrons. The van der Waals surface area contributed by atoms with Crippen LogP contribution >= 0.6 is 0 Å². The Labute approximate surface area is 88.9 Å². The Balaban J connectivity index is 2.65. The SMILES string of the molecule is CC(C)(C)OC(=O)N1CC=C[C@H]1C(N)=O. The lowest BCUT2D eigenvalue weighted by atomic mass is 10.2. The number of primary amides is 1. The average Bonchev–Trinajstić information content (AvgIpc) is 2.47. The molecule has 1 atom stereocenters. The number of amides is 2. The summed E-state index contributed by atoms with van der Waals surface area (Å²) in [7, 11) is 0. The van der Waals surface area contributed by atoms with E-state index in [1.54, 1.807) is 32.9 Å². The zero-order valence-corrected chi connectivity index (χ0v) is 9.19. The van der Waals surface area contributed by atoms with Crippen LogP contribution in [-0.4, -0.2) is 35.1 Å². The number of nitrogens with two attached hydrogens (primary N) is 1. The average molecular weight is 212 g/mol. The first-order chi connectivity index (χ1) is 6.81. The van der Waals surface area contributed by atoms with Crippen molar-refractivity contribution in [2.24, 2.45) is 5.73 Å². The molecular weight excluding hydrogens is 196 g/mol. The highest BCUT2D eigenvalue weighted by Gasteiger charge is 2.32. The van der Waals surface area contributed by atoms with Gasteiger partial charge in [0.25, 0.3) is 0 Å². The van der Waals surface area contributed by atoms with Gasteiger partial charge in [0.2, 0.25) is 5.91 Å². The number of ether oxygens (including phenoxy) is 1. The van der Waals surface area contributed by atoms with E-state index in [0.29, 0.717) is 6.54 Å². The Hall–Kier alpha value is -1.52. The number of nitrogens with zero attached hydrogens (tertiary/aromatic N) is 1. The molecule has 2 amide bonds. The summed E-state index contributed by atoms with van der Waals surface area (Å²) in [6.07, 6.45) is 2.81. The third-order valence-electron chi connectivity index (χ3n) is 1.88. The first kappa shape index (κ1) is 11.6. The molecular formula is C10H16N2O3. The fourth-order valence-electron chi connectivity index (χ4n) is 1.28. The summed E-state index contributed by atoms with van der Waals surface area (Å²) in [6.45, 7) is 5.68.